The van der Waals surface area contributed by atoms with Gasteiger partial charge in [0.25, 0.3) is 0 Å². The minimum absolute atomic E-state index is 0.336. The first kappa shape index (κ1) is 16.4. The summed E-state index contributed by atoms with van der Waals surface area (Å²) in [6, 6.07) is 21.5. The largest absolute Gasteiger partial charge is 0.379 e. The Bertz CT molecular complexity index is 532. The molecule has 116 valence electrons. The highest BCUT2D eigenvalue weighted by molar-refractivity contribution is 5.44. The minimum Gasteiger partial charge on any atom is -0.379 e. The zero-order chi connectivity index (χ0) is 15.6. The quantitative estimate of drug-likeness (QED) is 0.585. The average molecular weight is 293 g/mol. The summed E-state index contributed by atoms with van der Waals surface area (Å²) in [6.07, 6.45) is 6.84. The number of aryl methyl sites for hydroxylation is 1. The molecular formula is C21H27N. The Kier molecular flexibility index (Phi) is 6.76. The van der Waals surface area contributed by atoms with Gasteiger partial charge in [0.1, 0.15) is 0 Å². The van der Waals surface area contributed by atoms with Gasteiger partial charge in [-0.05, 0) is 42.9 Å². The van der Waals surface area contributed by atoms with Gasteiger partial charge in [0.15, 0.2) is 0 Å². The molecule has 0 heterocycles. The van der Waals surface area contributed by atoms with E-state index >= 15 is 0 Å². The first-order valence-corrected chi connectivity index (χ1v) is 8.31. The van der Waals surface area contributed by atoms with Gasteiger partial charge in [0, 0.05) is 11.7 Å². The predicted octanol–water partition coefficient (Wildman–Crippen LogP) is 5.70. The normalized spacial score (nSPS) is 13.3. The smallest absolute Gasteiger partial charge is 0.0469 e. The van der Waals surface area contributed by atoms with Gasteiger partial charge in [-0.2, -0.15) is 0 Å². The van der Waals surface area contributed by atoms with Crippen molar-refractivity contribution in [2.24, 2.45) is 5.92 Å². The van der Waals surface area contributed by atoms with Crippen molar-refractivity contribution in [3.63, 3.8) is 0 Å². The Morgan fingerprint density at radius 2 is 1.64 bits per heavy atom. The zero-order valence-corrected chi connectivity index (χ0v) is 13.5. The Morgan fingerprint density at radius 3 is 2.23 bits per heavy atom. The van der Waals surface area contributed by atoms with E-state index in [1.165, 1.54) is 30.5 Å². The molecule has 0 saturated carbocycles. The van der Waals surface area contributed by atoms with Gasteiger partial charge in [0.05, 0.1) is 0 Å². The van der Waals surface area contributed by atoms with Gasteiger partial charge in [-0.1, -0.05) is 68.0 Å². The SMILES string of the molecule is C=C[C@H](Nc1ccccc1)[C@H](CC)CCCc1ccccc1. The standard InChI is InChI=1S/C21H27N/c1-3-19(15-11-14-18-12-7-5-8-13-18)21(4-2)22-20-16-9-6-10-17-20/h4-10,12-13,16-17,19,21-22H,2-3,11,14-15H2,1H3/t19-,21+/m1/s1. The maximum Gasteiger partial charge on any atom is 0.0469 e. The summed E-state index contributed by atoms with van der Waals surface area (Å²) >= 11 is 0. The lowest BCUT2D eigenvalue weighted by molar-refractivity contribution is 0.430. The fourth-order valence-corrected chi connectivity index (χ4v) is 2.95. The Hall–Kier alpha value is -2.02. The molecule has 0 aliphatic rings. The lowest BCUT2D eigenvalue weighted by Gasteiger charge is -2.25. The van der Waals surface area contributed by atoms with Crippen molar-refractivity contribution in [2.75, 3.05) is 5.32 Å². The van der Waals surface area contributed by atoms with E-state index in [0.717, 1.165) is 6.42 Å². The number of benzene rings is 2. The highest BCUT2D eigenvalue weighted by atomic mass is 14.9. The van der Waals surface area contributed by atoms with Crippen LogP contribution in [0.2, 0.25) is 0 Å². The highest BCUT2D eigenvalue weighted by Gasteiger charge is 2.16. The summed E-state index contributed by atoms with van der Waals surface area (Å²) in [5, 5.41) is 3.61. The molecule has 22 heavy (non-hydrogen) atoms. The van der Waals surface area contributed by atoms with E-state index < -0.39 is 0 Å². The van der Waals surface area contributed by atoms with Crippen molar-refractivity contribution in [1.82, 2.24) is 0 Å². The van der Waals surface area contributed by atoms with Crippen LogP contribution < -0.4 is 5.32 Å². The summed E-state index contributed by atoms with van der Waals surface area (Å²) in [5.74, 6) is 0.626. The van der Waals surface area contributed by atoms with Crippen LogP contribution in [0.4, 0.5) is 5.69 Å². The molecule has 2 aromatic rings. The third-order valence-corrected chi connectivity index (χ3v) is 4.28. The molecule has 0 unspecified atom stereocenters. The minimum atomic E-state index is 0.336. The Morgan fingerprint density at radius 1 is 1.00 bits per heavy atom. The van der Waals surface area contributed by atoms with Crippen LogP contribution in [0.1, 0.15) is 31.7 Å². The monoisotopic (exact) mass is 293 g/mol. The fourth-order valence-electron chi connectivity index (χ4n) is 2.95. The number of anilines is 1. The number of nitrogens with one attached hydrogen (secondary N) is 1. The molecule has 1 nitrogen and oxygen atoms in total. The highest BCUT2D eigenvalue weighted by Crippen LogP contribution is 2.22. The molecule has 0 aliphatic carbocycles. The van der Waals surface area contributed by atoms with Crippen LogP contribution in [0.15, 0.2) is 73.3 Å². The second-order valence-electron chi connectivity index (χ2n) is 5.82. The average Bonchev–Trinajstić information content (AvgIpc) is 2.59. The van der Waals surface area contributed by atoms with E-state index in [1.807, 2.05) is 6.07 Å². The summed E-state index contributed by atoms with van der Waals surface area (Å²) < 4.78 is 0. The molecule has 2 atom stereocenters. The molecule has 1 heteroatoms. The van der Waals surface area contributed by atoms with Crippen molar-refractivity contribution in [3.05, 3.63) is 78.9 Å². The molecule has 0 radical (unpaired) electrons. The van der Waals surface area contributed by atoms with E-state index in [1.54, 1.807) is 0 Å². The van der Waals surface area contributed by atoms with Gasteiger partial charge in [0.2, 0.25) is 0 Å². The molecular weight excluding hydrogens is 266 g/mol. The fraction of sp³-hybridized carbons (Fsp3) is 0.333. The van der Waals surface area contributed by atoms with Gasteiger partial charge >= 0.3 is 0 Å². The summed E-state index contributed by atoms with van der Waals surface area (Å²) in [6.45, 7) is 6.30. The predicted molar refractivity (Wildman–Crippen MR) is 97.2 cm³/mol. The van der Waals surface area contributed by atoms with Crippen molar-refractivity contribution in [1.29, 1.82) is 0 Å². The Labute approximate surface area is 135 Å². The topological polar surface area (TPSA) is 12.0 Å². The second kappa shape index (κ2) is 9.09. The molecule has 0 spiro atoms. The summed E-state index contributed by atoms with van der Waals surface area (Å²) in [5.41, 5.74) is 2.61. The van der Waals surface area contributed by atoms with E-state index in [2.05, 4.69) is 79.5 Å². The van der Waals surface area contributed by atoms with Crippen LogP contribution in [0.25, 0.3) is 0 Å². The van der Waals surface area contributed by atoms with Crippen molar-refractivity contribution >= 4 is 5.69 Å². The summed E-state index contributed by atoms with van der Waals surface area (Å²) in [4.78, 5) is 0. The first-order chi connectivity index (χ1) is 10.8. The van der Waals surface area contributed by atoms with Crippen LogP contribution in [0.3, 0.4) is 0 Å². The number of para-hydroxylation sites is 1. The molecule has 0 fully saturated rings. The van der Waals surface area contributed by atoms with Crippen molar-refractivity contribution in [2.45, 2.75) is 38.6 Å². The molecule has 2 rings (SSSR count). The van der Waals surface area contributed by atoms with Gasteiger partial charge in [-0.15, -0.1) is 6.58 Å². The van der Waals surface area contributed by atoms with Crippen molar-refractivity contribution in [3.8, 4) is 0 Å². The molecule has 0 saturated heterocycles. The van der Waals surface area contributed by atoms with Crippen molar-refractivity contribution < 1.29 is 0 Å². The van der Waals surface area contributed by atoms with E-state index in [4.69, 9.17) is 0 Å². The van der Waals surface area contributed by atoms with Crippen LogP contribution >= 0.6 is 0 Å². The molecule has 0 aromatic heterocycles. The third kappa shape index (κ3) is 5.07. The maximum atomic E-state index is 4.03. The maximum absolute atomic E-state index is 4.03. The number of rotatable bonds is 9. The van der Waals surface area contributed by atoms with E-state index in [-0.39, 0.29) is 0 Å². The van der Waals surface area contributed by atoms with Crippen LogP contribution in [-0.4, -0.2) is 6.04 Å². The Balaban J connectivity index is 1.87. The third-order valence-electron chi connectivity index (χ3n) is 4.28. The van der Waals surface area contributed by atoms with Crippen LogP contribution in [0.5, 0.6) is 0 Å². The number of hydrogen-bond donors (Lipinski definition) is 1. The lowest BCUT2D eigenvalue weighted by Crippen LogP contribution is -2.26. The van der Waals surface area contributed by atoms with E-state index in [0.29, 0.717) is 12.0 Å². The zero-order valence-electron chi connectivity index (χ0n) is 13.5. The molecule has 0 bridgehead atoms. The van der Waals surface area contributed by atoms with E-state index in [9.17, 15) is 0 Å². The molecule has 0 aliphatic heterocycles. The first-order valence-electron chi connectivity index (χ1n) is 8.31. The van der Waals surface area contributed by atoms with Crippen LogP contribution in [-0.2, 0) is 6.42 Å². The van der Waals surface area contributed by atoms with Gasteiger partial charge in [-0.25, -0.2) is 0 Å². The summed E-state index contributed by atoms with van der Waals surface area (Å²) in [7, 11) is 0. The van der Waals surface area contributed by atoms with Crippen LogP contribution in [0, 0.1) is 5.92 Å². The van der Waals surface area contributed by atoms with Gasteiger partial charge < -0.3 is 5.32 Å². The molecule has 1 N–H and O–H groups in total. The number of hydrogen-bond acceptors (Lipinski definition) is 1. The molecule has 0 amide bonds. The molecule has 2 aromatic carbocycles. The lowest BCUT2D eigenvalue weighted by atomic mass is 9.90. The van der Waals surface area contributed by atoms with Gasteiger partial charge in [-0.3, -0.25) is 0 Å². The second-order valence-corrected chi connectivity index (χ2v) is 5.82.